The van der Waals surface area contributed by atoms with Gasteiger partial charge in [-0.3, -0.25) is 14.5 Å². The van der Waals surface area contributed by atoms with E-state index in [1.54, 1.807) is 24.3 Å². The SMILES string of the molecule is CCC1(CC)CC(=O)N(C(CCOC)c2cccc(C(=O)NC3c4ccccc4CC3(O)C(F)(F)F)c2)C(N)=N1. The fourth-order valence-electron chi connectivity index (χ4n) is 5.69. The number of methoxy groups -OCH3 is 1. The Morgan fingerprint density at radius 2 is 1.90 bits per heavy atom. The van der Waals surface area contributed by atoms with E-state index in [0.717, 1.165) is 0 Å². The van der Waals surface area contributed by atoms with Crippen molar-refractivity contribution in [2.75, 3.05) is 13.7 Å². The summed E-state index contributed by atoms with van der Waals surface area (Å²) >= 11 is 0. The minimum Gasteiger partial charge on any atom is -0.385 e. The van der Waals surface area contributed by atoms with Gasteiger partial charge < -0.3 is 20.9 Å². The molecule has 0 fully saturated rings. The molecule has 8 nitrogen and oxygen atoms in total. The summed E-state index contributed by atoms with van der Waals surface area (Å²) in [7, 11) is 1.52. The van der Waals surface area contributed by atoms with Gasteiger partial charge in [-0.25, -0.2) is 4.99 Å². The molecule has 2 aliphatic rings. The third kappa shape index (κ3) is 5.32. The van der Waals surface area contributed by atoms with Gasteiger partial charge >= 0.3 is 6.18 Å². The number of amides is 2. The summed E-state index contributed by atoms with van der Waals surface area (Å²) in [4.78, 5) is 32.8. The molecule has 3 unspecified atom stereocenters. The van der Waals surface area contributed by atoms with E-state index in [1.807, 2.05) is 13.8 Å². The van der Waals surface area contributed by atoms with Crippen molar-refractivity contribution in [2.24, 2.45) is 10.7 Å². The van der Waals surface area contributed by atoms with E-state index in [9.17, 15) is 27.9 Å². The zero-order valence-corrected chi connectivity index (χ0v) is 22.8. The van der Waals surface area contributed by atoms with Gasteiger partial charge in [-0.1, -0.05) is 50.2 Å². The average Bonchev–Trinajstić information content (AvgIpc) is 3.22. The van der Waals surface area contributed by atoms with Crippen molar-refractivity contribution in [2.45, 2.75) is 75.4 Å². The van der Waals surface area contributed by atoms with Crippen molar-refractivity contribution in [1.29, 1.82) is 0 Å². The molecule has 40 heavy (non-hydrogen) atoms. The highest BCUT2D eigenvalue weighted by molar-refractivity contribution is 6.00. The highest BCUT2D eigenvalue weighted by Crippen LogP contribution is 2.48. The molecule has 0 saturated carbocycles. The molecule has 0 aromatic heterocycles. The van der Waals surface area contributed by atoms with Gasteiger partial charge in [0.25, 0.3) is 5.91 Å². The number of nitrogens with two attached hydrogens (primary N) is 1. The van der Waals surface area contributed by atoms with Crippen molar-refractivity contribution in [3.63, 3.8) is 0 Å². The molecular formula is C29H35F3N4O4. The molecule has 1 heterocycles. The lowest BCUT2D eigenvalue weighted by atomic mass is 9.87. The lowest BCUT2D eigenvalue weighted by Crippen LogP contribution is -2.54. The molecule has 0 saturated heterocycles. The summed E-state index contributed by atoms with van der Waals surface area (Å²) in [6, 6.07) is 10.1. The number of halogens is 3. The Bertz CT molecular complexity index is 1290. The normalized spacial score (nSPS) is 23.0. The first-order valence-corrected chi connectivity index (χ1v) is 13.3. The number of guanidine groups is 1. The van der Waals surface area contributed by atoms with Gasteiger partial charge in [0.2, 0.25) is 5.91 Å². The van der Waals surface area contributed by atoms with E-state index < -0.39 is 41.7 Å². The summed E-state index contributed by atoms with van der Waals surface area (Å²) in [5.41, 5.74) is 3.76. The minimum absolute atomic E-state index is 0.0743. The summed E-state index contributed by atoms with van der Waals surface area (Å²) in [5.74, 6) is -0.919. The van der Waals surface area contributed by atoms with Crippen LogP contribution in [0.25, 0.3) is 0 Å². The van der Waals surface area contributed by atoms with Crippen LogP contribution in [0.15, 0.2) is 53.5 Å². The van der Waals surface area contributed by atoms with Crippen LogP contribution in [0.1, 0.15) is 78.7 Å². The van der Waals surface area contributed by atoms with Gasteiger partial charge in [0, 0.05) is 25.7 Å². The maximum atomic E-state index is 14.0. The number of nitrogens with one attached hydrogen (secondary N) is 1. The maximum absolute atomic E-state index is 14.0. The molecule has 4 N–H and O–H groups in total. The van der Waals surface area contributed by atoms with Crippen LogP contribution in [0.2, 0.25) is 0 Å². The number of fused-ring (bicyclic) bond motifs is 1. The van der Waals surface area contributed by atoms with E-state index >= 15 is 0 Å². The Labute approximate surface area is 231 Å². The van der Waals surface area contributed by atoms with Crippen molar-refractivity contribution in [1.82, 2.24) is 10.2 Å². The Morgan fingerprint density at radius 1 is 1.20 bits per heavy atom. The van der Waals surface area contributed by atoms with Crippen molar-refractivity contribution in [3.8, 4) is 0 Å². The van der Waals surface area contributed by atoms with Crippen LogP contribution in [0.4, 0.5) is 13.2 Å². The van der Waals surface area contributed by atoms with Crippen LogP contribution in [-0.2, 0) is 16.0 Å². The summed E-state index contributed by atoms with van der Waals surface area (Å²) in [6.07, 6.45) is -3.81. The molecule has 2 aromatic carbocycles. The number of benzene rings is 2. The van der Waals surface area contributed by atoms with Crippen molar-refractivity contribution >= 4 is 17.8 Å². The molecule has 11 heteroatoms. The number of hydrogen-bond donors (Lipinski definition) is 3. The first kappa shape index (κ1) is 29.5. The predicted molar refractivity (Wildman–Crippen MR) is 143 cm³/mol. The first-order valence-electron chi connectivity index (χ1n) is 13.3. The van der Waals surface area contributed by atoms with Crippen LogP contribution < -0.4 is 11.1 Å². The number of carbonyl (C=O) groups excluding carboxylic acids is 2. The van der Waals surface area contributed by atoms with Crippen LogP contribution in [-0.4, -0.2) is 58.8 Å². The third-order valence-corrected chi connectivity index (χ3v) is 8.17. The molecule has 3 atom stereocenters. The van der Waals surface area contributed by atoms with Gasteiger partial charge in [0.1, 0.15) is 0 Å². The van der Waals surface area contributed by atoms with Crippen LogP contribution in [0.3, 0.4) is 0 Å². The Hall–Kier alpha value is -3.44. The lowest BCUT2D eigenvalue weighted by molar-refractivity contribution is -0.266. The topological polar surface area (TPSA) is 117 Å². The summed E-state index contributed by atoms with van der Waals surface area (Å²) in [5, 5.41) is 13.1. The van der Waals surface area contributed by atoms with E-state index in [4.69, 9.17) is 10.5 Å². The molecular weight excluding hydrogens is 525 g/mol. The standard InChI is InChI=1S/C29H35F3N4O4/c1-4-27(5-2)17-23(37)36(26(33)35-27)22(13-14-40-3)18-10-8-11-19(15-18)25(38)34-24-21-12-7-6-9-20(21)16-28(24,39)29(30,31)32/h6-12,15,22,24,39H,4-5,13-14,16-17H2,1-3H3,(H2,33,35)(H,34,38). The highest BCUT2D eigenvalue weighted by Gasteiger charge is 2.62. The quantitative estimate of drug-likeness (QED) is 0.425. The molecule has 4 rings (SSSR count). The van der Waals surface area contributed by atoms with Crippen molar-refractivity contribution < 1.29 is 32.6 Å². The predicted octanol–water partition coefficient (Wildman–Crippen LogP) is 4.19. The van der Waals surface area contributed by atoms with Crippen molar-refractivity contribution in [3.05, 3.63) is 70.8 Å². The first-order chi connectivity index (χ1) is 18.9. The lowest BCUT2D eigenvalue weighted by Gasteiger charge is -2.40. The van der Waals surface area contributed by atoms with Gasteiger partial charge in [-0.15, -0.1) is 0 Å². The van der Waals surface area contributed by atoms with Gasteiger partial charge in [-0.2, -0.15) is 13.2 Å². The third-order valence-electron chi connectivity index (χ3n) is 8.17. The number of alkyl halides is 3. The molecule has 1 aliphatic carbocycles. The van der Waals surface area contributed by atoms with Gasteiger partial charge in [-0.05, 0) is 48.1 Å². The van der Waals surface area contributed by atoms with Crippen LogP contribution >= 0.6 is 0 Å². The number of nitrogens with zero attached hydrogens (tertiary/aromatic N) is 2. The molecule has 1 aliphatic heterocycles. The van der Waals surface area contributed by atoms with Gasteiger partial charge in [0.15, 0.2) is 11.6 Å². The second-order valence-corrected chi connectivity index (χ2v) is 10.5. The van der Waals surface area contributed by atoms with E-state index in [2.05, 4.69) is 10.3 Å². The van der Waals surface area contributed by atoms with E-state index in [1.165, 1.54) is 36.3 Å². The molecule has 2 amide bonds. The zero-order chi connectivity index (χ0) is 29.3. The number of aliphatic hydroxyl groups is 1. The fraction of sp³-hybridized carbons (Fsp3) is 0.483. The number of rotatable bonds is 9. The largest absolute Gasteiger partial charge is 0.419 e. The second kappa shape index (κ2) is 11.2. The molecule has 216 valence electrons. The Morgan fingerprint density at radius 3 is 2.52 bits per heavy atom. The van der Waals surface area contributed by atoms with Gasteiger partial charge in [0.05, 0.1) is 24.0 Å². The molecule has 0 radical (unpaired) electrons. The molecule has 2 aromatic rings. The number of carbonyl (C=O) groups is 2. The Kier molecular flexibility index (Phi) is 8.28. The average molecular weight is 561 g/mol. The summed E-state index contributed by atoms with van der Waals surface area (Å²) < 4.78 is 47.3. The second-order valence-electron chi connectivity index (χ2n) is 10.5. The number of ether oxygens (including phenoxy) is 1. The zero-order valence-electron chi connectivity index (χ0n) is 22.8. The maximum Gasteiger partial charge on any atom is 0.419 e. The fourth-order valence-corrected chi connectivity index (χ4v) is 5.69. The monoisotopic (exact) mass is 560 g/mol. The summed E-state index contributed by atoms with van der Waals surface area (Å²) in [6.45, 7) is 4.19. The smallest absolute Gasteiger partial charge is 0.385 e. The van der Waals surface area contributed by atoms with E-state index in [-0.39, 0.29) is 36.0 Å². The number of aliphatic imine (C=N–C) groups is 1. The molecule has 0 spiro atoms. The van der Waals surface area contributed by atoms with Crippen LogP contribution in [0.5, 0.6) is 0 Å². The van der Waals surface area contributed by atoms with Crippen LogP contribution in [0, 0.1) is 0 Å². The Balaban J connectivity index is 1.67. The van der Waals surface area contributed by atoms with E-state index in [0.29, 0.717) is 30.4 Å². The molecule has 0 bridgehead atoms. The minimum atomic E-state index is -4.98. The number of hydrogen-bond acceptors (Lipinski definition) is 6. The highest BCUT2D eigenvalue weighted by atomic mass is 19.4.